The van der Waals surface area contributed by atoms with Gasteiger partial charge in [-0.2, -0.15) is 0 Å². The van der Waals surface area contributed by atoms with E-state index in [0.717, 1.165) is 12.8 Å². The van der Waals surface area contributed by atoms with Crippen molar-refractivity contribution in [1.82, 2.24) is 0 Å². The molecule has 1 aliphatic heterocycles. The Morgan fingerprint density at radius 1 is 1.19 bits per heavy atom. The molecule has 0 aromatic heterocycles. The van der Waals surface area contributed by atoms with Crippen LogP contribution in [0.15, 0.2) is 24.3 Å². The number of benzene rings is 1. The molecule has 0 unspecified atom stereocenters. The molecule has 1 aromatic rings. The summed E-state index contributed by atoms with van der Waals surface area (Å²) in [5.41, 5.74) is 0.518. The van der Waals surface area contributed by atoms with Crippen molar-refractivity contribution in [2.75, 3.05) is 0 Å². The van der Waals surface area contributed by atoms with Crippen LogP contribution in [0.5, 0.6) is 5.75 Å². The van der Waals surface area contributed by atoms with Crippen LogP contribution in [0.4, 0.5) is 0 Å². The van der Waals surface area contributed by atoms with Crippen LogP contribution in [0.1, 0.15) is 37.0 Å². The molecule has 0 amide bonds. The maximum atomic E-state index is 11.7. The molecule has 1 heterocycles. The van der Waals surface area contributed by atoms with E-state index in [1.54, 1.807) is 12.1 Å². The van der Waals surface area contributed by atoms with Gasteiger partial charge in [-0.3, -0.25) is 0 Å². The summed E-state index contributed by atoms with van der Waals surface area (Å²) in [7, 11) is -0.433. The van der Waals surface area contributed by atoms with Gasteiger partial charge in [0.15, 0.2) is 0 Å². The Labute approximate surface area is 95.9 Å². The number of carbonyl (C=O) groups is 1. The first-order chi connectivity index (χ1) is 7.76. The molecule has 1 aromatic carbocycles. The Bertz CT molecular complexity index is 388. The second-order valence-corrected chi connectivity index (χ2v) is 3.96. The van der Waals surface area contributed by atoms with Crippen molar-refractivity contribution in [3.8, 4) is 5.75 Å². The minimum absolute atomic E-state index is 0.261. The Morgan fingerprint density at radius 2 is 1.88 bits per heavy atom. The molecule has 0 atom stereocenters. The van der Waals surface area contributed by atoms with Crippen LogP contribution in [0, 0.1) is 0 Å². The van der Waals surface area contributed by atoms with Crippen molar-refractivity contribution in [2.45, 2.75) is 32.5 Å². The van der Waals surface area contributed by atoms with Crippen LogP contribution in [0.3, 0.4) is 0 Å². The summed E-state index contributed by atoms with van der Waals surface area (Å²) >= 11 is 0. The monoisotopic (exact) mass is 218 g/mol. The van der Waals surface area contributed by atoms with Gasteiger partial charge in [-0.1, -0.05) is 38.8 Å². The number of fused-ring (bicyclic) bond motifs is 1. The molecule has 1 aliphatic rings. The van der Waals surface area contributed by atoms with Crippen molar-refractivity contribution >= 4 is 13.1 Å². The molecule has 84 valence electrons. The minimum atomic E-state index is -0.433. The van der Waals surface area contributed by atoms with Crippen molar-refractivity contribution in [2.24, 2.45) is 0 Å². The molecular weight excluding hydrogens is 203 g/mol. The van der Waals surface area contributed by atoms with Gasteiger partial charge in [-0.25, -0.2) is 4.79 Å². The smallest absolute Gasteiger partial charge is 0.525 e. The molecule has 0 bridgehead atoms. The zero-order valence-electron chi connectivity index (χ0n) is 9.60. The Balaban J connectivity index is 2.24. The van der Waals surface area contributed by atoms with E-state index in [4.69, 9.17) is 9.31 Å². The van der Waals surface area contributed by atoms with Gasteiger partial charge in [0, 0.05) is 5.82 Å². The molecule has 16 heavy (non-hydrogen) atoms. The second kappa shape index (κ2) is 4.60. The third-order valence-electron chi connectivity index (χ3n) is 3.01. The summed E-state index contributed by atoms with van der Waals surface area (Å²) in [5, 5.41) is 0. The fourth-order valence-corrected chi connectivity index (χ4v) is 1.92. The molecular formula is C12H15BO3. The van der Waals surface area contributed by atoms with E-state index >= 15 is 0 Å². The lowest BCUT2D eigenvalue weighted by Gasteiger charge is -2.26. The average Bonchev–Trinajstić information content (AvgIpc) is 2.31. The third kappa shape index (κ3) is 1.92. The first-order valence-corrected chi connectivity index (χ1v) is 5.73. The van der Waals surface area contributed by atoms with Crippen molar-refractivity contribution in [1.29, 1.82) is 0 Å². The highest BCUT2D eigenvalue weighted by atomic mass is 16.6. The van der Waals surface area contributed by atoms with E-state index < -0.39 is 7.12 Å². The molecule has 0 fully saturated rings. The van der Waals surface area contributed by atoms with Crippen LogP contribution in [-0.4, -0.2) is 13.1 Å². The summed E-state index contributed by atoms with van der Waals surface area (Å²) in [6.45, 7) is 4.15. The lowest BCUT2D eigenvalue weighted by molar-refractivity contribution is 0.0670. The molecule has 0 saturated heterocycles. The summed E-state index contributed by atoms with van der Waals surface area (Å²) in [4.78, 5) is 11.7. The second-order valence-electron chi connectivity index (χ2n) is 3.96. The van der Waals surface area contributed by atoms with E-state index in [9.17, 15) is 4.79 Å². The minimum Gasteiger partial charge on any atom is -0.525 e. The highest BCUT2D eigenvalue weighted by Crippen LogP contribution is 2.30. The van der Waals surface area contributed by atoms with E-state index in [-0.39, 0.29) is 11.8 Å². The SMILES string of the molecule is CCC(CC)B1OC(=O)c2ccccc2O1. The predicted octanol–water partition coefficient (Wildman–Crippen LogP) is 2.91. The third-order valence-corrected chi connectivity index (χ3v) is 3.01. The lowest BCUT2D eigenvalue weighted by Crippen LogP contribution is -2.38. The van der Waals surface area contributed by atoms with Crippen molar-refractivity contribution < 1.29 is 14.1 Å². The first-order valence-electron chi connectivity index (χ1n) is 5.73. The van der Waals surface area contributed by atoms with Gasteiger partial charge in [0.1, 0.15) is 5.75 Å². The summed E-state index contributed by atoms with van der Waals surface area (Å²) < 4.78 is 11.0. The normalized spacial score (nSPS) is 14.4. The average molecular weight is 218 g/mol. The summed E-state index contributed by atoms with van der Waals surface area (Å²) in [5.74, 6) is 0.617. The number of para-hydroxylation sites is 1. The lowest BCUT2D eigenvalue weighted by atomic mass is 9.68. The van der Waals surface area contributed by atoms with Gasteiger partial charge in [-0.05, 0) is 12.1 Å². The van der Waals surface area contributed by atoms with E-state index in [1.807, 2.05) is 12.1 Å². The number of rotatable bonds is 3. The van der Waals surface area contributed by atoms with Gasteiger partial charge in [0.25, 0.3) is 0 Å². The van der Waals surface area contributed by atoms with Gasteiger partial charge >= 0.3 is 13.1 Å². The summed E-state index contributed by atoms with van der Waals surface area (Å²) in [6, 6.07) is 7.20. The maximum absolute atomic E-state index is 11.7. The Hall–Kier alpha value is -1.45. The van der Waals surface area contributed by atoms with Gasteiger partial charge < -0.3 is 9.31 Å². The fourth-order valence-electron chi connectivity index (χ4n) is 1.92. The molecule has 2 rings (SSSR count). The van der Waals surface area contributed by atoms with Crippen LogP contribution in [0.2, 0.25) is 5.82 Å². The van der Waals surface area contributed by atoms with Crippen LogP contribution >= 0.6 is 0 Å². The van der Waals surface area contributed by atoms with E-state index in [0.29, 0.717) is 11.3 Å². The zero-order valence-corrected chi connectivity index (χ0v) is 9.60. The molecule has 0 saturated carbocycles. The standard InChI is InChI=1S/C12H15BO3/c1-3-9(4-2)13-15-11-8-6-5-7-10(11)12(14)16-13/h5-9H,3-4H2,1-2H3. The Morgan fingerprint density at radius 3 is 2.56 bits per heavy atom. The van der Waals surface area contributed by atoms with Crippen molar-refractivity contribution in [3.63, 3.8) is 0 Å². The van der Waals surface area contributed by atoms with Crippen LogP contribution in [0.25, 0.3) is 0 Å². The van der Waals surface area contributed by atoms with Gasteiger partial charge in [0.05, 0.1) is 5.56 Å². The number of carbonyl (C=O) groups excluding carboxylic acids is 1. The predicted molar refractivity (Wildman–Crippen MR) is 62.6 cm³/mol. The molecule has 4 heteroatoms. The molecule has 0 aliphatic carbocycles. The molecule has 0 radical (unpaired) electrons. The maximum Gasteiger partial charge on any atom is 0.600 e. The molecule has 3 nitrogen and oxygen atoms in total. The summed E-state index contributed by atoms with van der Waals surface area (Å²) in [6.07, 6.45) is 1.88. The molecule has 0 N–H and O–H groups in total. The highest BCUT2D eigenvalue weighted by Gasteiger charge is 2.38. The highest BCUT2D eigenvalue weighted by molar-refractivity contribution is 6.51. The van der Waals surface area contributed by atoms with Crippen LogP contribution < -0.4 is 4.65 Å². The van der Waals surface area contributed by atoms with Crippen molar-refractivity contribution in [3.05, 3.63) is 29.8 Å². The van der Waals surface area contributed by atoms with E-state index in [2.05, 4.69) is 13.8 Å². The zero-order chi connectivity index (χ0) is 11.5. The number of hydrogen-bond donors (Lipinski definition) is 0. The Kier molecular flexibility index (Phi) is 3.18. The van der Waals surface area contributed by atoms with Crippen LogP contribution in [-0.2, 0) is 4.65 Å². The molecule has 0 spiro atoms. The largest absolute Gasteiger partial charge is 0.600 e. The quantitative estimate of drug-likeness (QED) is 0.731. The first kappa shape index (κ1) is 11.1. The van der Waals surface area contributed by atoms with E-state index in [1.165, 1.54) is 0 Å². The van der Waals surface area contributed by atoms with Gasteiger partial charge in [0.2, 0.25) is 0 Å². The topological polar surface area (TPSA) is 35.5 Å². The van der Waals surface area contributed by atoms with Gasteiger partial charge in [-0.15, -0.1) is 0 Å². The fraction of sp³-hybridized carbons (Fsp3) is 0.417. The number of hydrogen-bond acceptors (Lipinski definition) is 3.